The highest BCUT2D eigenvalue weighted by Crippen LogP contribution is 2.58. The molecule has 3 heterocycles. The number of hydrogen-bond acceptors (Lipinski definition) is 7. The molecule has 10 nitrogen and oxygen atoms in total. The van der Waals surface area contributed by atoms with E-state index in [1.807, 2.05) is 6.07 Å². The third-order valence-electron chi connectivity index (χ3n) is 12.2. The van der Waals surface area contributed by atoms with Gasteiger partial charge >= 0.3 is 5.97 Å². The van der Waals surface area contributed by atoms with Crippen molar-refractivity contribution in [3.8, 4) is 0 Å². The Morgan fingerprint density at radius 1 is 0.891 bits per heavy atom. The molecule has 2 aromatic carbocycles. The largest absolute Gasteiger partial charge is 0.344 e. The van der Waals surface area contributed by atoms with Crippen molar-refractivity contribution in [1.29, 1.82) is 0 Å². The number of carbonyl (C=O) groups excluding carboxylic acids is 3. The molecule has 1 fully saturated rings. The quantitative estimate of drug-likeness (QED) is 0.0524. The zero-order chi connectivity index (χ0) is 40.2. The van der Waals surface area contributed by atoms with Crippen LogP contribution in [0.3, 0.4) is 0 Å². The van der Waals surface area contributed by atoms with Crippen molar-refractivity contribution in [3.63, 3.8) is 0 Å². The second-order valence-corrected chi connectivity index (χ2v) is 22.5. The van der Waals surface area contributed by atoms with Crippen LogP contribution in [0.4, 0.5) is 11.4 Å². The number of benzene rings is 2. The smallest absolute Gasteiger partial charge is 0.333 e. The van der Waals surface area contributed by atoms with E-state index >= 15 is 0 Å². The molecule has 0 saturated carbocycles. The molecule has 0 bridgehead atoms. The lowest BCUT2D eigenvalue weighted by Crippen LogP contribution is -2.31. The van der Waals surface area contributed by atoms with Crippen LogP contribution in [0.5, 0.6) is 0 Å². The first kappa shape index (κ1) is 42.5. The van der Waals surface area contributed by atoms with Gasteiger partial charge in [0.2, 0.25) is 5.69 Å². The highest BCUT2D eigenvalue weighted by molar-refractivity contribution is 7.85. The van der Waals surface area contributed by atoms with Crippen LogP contribution in [0.15, 0.2) is 71.3 Å². The molecule has 2 amide bonds. The van der Waals surface area contributed by atoms with Gasteiger partial charge in [-0.1, -0.05) is 38.1 Å². The van der Waals surface area contributed by atoms with Crippen LogP contribution in [-0.2, 0) is 40.2 Å². The molecule has 0 unspecified atom stereocenters. The molecule has 298 valence electrons. The molecular formula is C43H60N3O7PS+2. The van der Waals surface area contributed by atoms with E-state index in [2.05, 4.69) is 100 Å². The van der Waals surface area contributed by atoms with Crippen LogP contribution in [-0.4, -0.2) is 83.8 Å². The number of allylic oxidation sites excluding steroid dienone is 4. The highest BCUT2D eigenvalue weighted by Gasteiger charge is 2.44. The van der Waals surface area contributed by atoms with E-state index < -0.39 is 40.6 Å². The topological polar surface area (TPSA) is 124 Å². The van der Waals surface area contributed by atoms with E-state index in [1.165, 1.54) is 36.3 Å². The Hall–Kier alpha value is -3.66. The van der Waals surface area contributed by atoms with Gasteiger partial charge in [-0.15, -0.1) is 5.06 Å². The van der Waals surface area contributed by atoms with E-state index in [0.717, 1.165) is 67.1 Å². The van der Waals surface area contributed by atoms with Gasteiger partial charge in [-0.25, -0.2) is 4.79 Å². The molecule has 2 aromatic rings. The summed E-state index contributed by atoms with van der Waals surface area (Å²) in [4.78, 5) is 43.3. The summed E-state index contributed by atoms with van der Waals surface area (Å²) in [6.45, 7) is 17.3. The van der Waals surface area contributed by atoms with E-state index in [4.69, 9.17) is 4.84 Å². The van der Waals surface area contributed by atoms with Crippen molar-refractivity contribution in [2.75, 3.05) is 42.6 Å². The minimum absolute atomic E-state index is 0.0739. The lowest BCUT2D eigenvalue weighted by molar-refractivity contribution is -0.438. The maximum Gasteiger partial charge on any atom is 0.333 e. The number of nitrogens with zero attached hydrogens (tertiary/aromatic N) is 3. The second-order valence-electron chi connectivity index (χ2n) is 16.1. The zero-order valence-corrected chi connectivity index (χ0v) is 35.5. The molecule has 0 spiro atoms. The summed E-state index contributed by atoms with van der Waals surface area (Å²) < 4.78 is 36.7. The minimum atomic E-state index is -4.36. The Kier molecular flexibility index (Phi) is 13.3. The average Bonchev–Trinajstić information content (AvgIpc) is 3.66. The number of hydrogen-bond donors (Lipinski definition) is 1. The zero-order valence-electron chi connectivity index (χ0n) is 33.8. The molecule has 0 aliphatic carbocycles. The molecule has 5 rings (SSSR count). The monoisotopic (exact) mass is 793 g/mol. The fourth-order valence-electron chi connectivity index (χ4n) is 8.55. The van der Waals surface area contributed by atoms with Gasteiger partial charge in [-0.3, -0.25) is 14.1 Å². The van der Waals surface area contributed by atoms with Crippen LogP contribution in [0, 0.1) is 0 Å². The lowest BCUT2D eigenvalue weighted by Gasteiger charge is -2.28. The molecule has 12 heteroatoms. The summed E-state index contributed by atoms with van der Waals surface area (Å²) >= 11 is 0. The molecular weight excluding hydrogens is 734 g/mol. The fourth-order valence-corrected chi connectivity index (χ4v) is 12.2. The maximum atomic E-state index is 12.4. The number of imide groups is 1. The molecule has 0 radical (unpaired) electrons. The second kappa shape index (κ2) is 17.2. The summed E-state index contributed by atoms with van der Waals surface area (Å²) in [5.74, 6) is -1.52. The van der Waals surface area contributed by atoms with Crippen molar-refractivity contribution in [1.82, 2.24) is 5.06 Å². The Morgan fingerprint density at radius 2 is 1.56 bits per heavy atom. The number of unbranched alkanes of at least 4 members (excludes halogenated alkanes) is 3. The van der Waals surface area contributed by atoms with Gasteiger partial charge in [0.1, 0.15) is 6.54 Å². The third kappa shape index (κ3) is 9.00. The number of amides is 2. The Bertz CT molecular complexity index is 1970. The number of carbonyl (C=O) groups is 3. The molecule has 3 aliphatic rings. The average molecular weight is 794 g/mol. The number of para-hydroxylation sites is 1. The van der Waals surface area contributed by atoms with E-state index in [-0.39, 0.29) is 29.6 Å². The van der Waals surface area contributed by atoms with Crippen LogP contribution in [0.25, 0.3) is 0 Å². The van der Waals surface area contributed by atoms with Crippen LogP contribution in [0.2, 0.25) is 0 Å². The molecule has 1 N–H and O–H groups in total. The van der Waals surface area contributed by atoms with Crippen LogP contribution < -0.4 is 4.90 Å². The maximum absolute atomic E-state index is 12.4. The van der Waals surface area contributed by atoms with Crippen molar-refractivity contribution < 1.29 is 36.8 Å². The molecule has 0 aromatic heterocycles. The number of anilines is 1. The molecule has 0 atom stereocenters. The van der Waals surface area contributed by atoms with Crippen LogP contribution in [0.1, 0.15) is 111 Å². The minimum Gasteiger partial charge on any atom is -0.344 e. The molecule has 3 aliphatic heterocycles. The van der Waals surface area contributed by atoms with Crippen molar-refractivity contribution in [3.05, 3.63) is 77.5 Å². The van der Waals surface area contributed by atoms with Crippen molar-refractivity contribution in [2.24, 2.45) is 0 Å². The van der Waals surface area contributed by atoms with Gasteiger partial charge in [-0.2, -0.15) is 13.0 Å². The van der Waals surface area contributed by atoms with Gasteiger partial charge in [0.25, 0.3) is 21.9 Å². The number of fused-ring (bicyclic) bond motifs is 2. The summed E-state index contributed by atoms with van der Waals surface area (Å²) in [6, 6.07) is 13.4. The Balaban J connectivity index is 1.38. The molecule has 1 saturated heterocycles. The predicted molar refractivity (Wildman–Crippen MR) is 221 cm³/mol. The summed E-state index contributed by atoms with van der Waals surface area (Å²) in [6.07, 6.45) is 16.2. The van der Waals surface area contributed by atoms with Crippen molar-refractivity contribution >= 4 is 52.3 Å². The normalized spacial score (nSPS) is 18.6. The first-order valence-corrected chi connectivity index (χ1v) is 23.9. The van der Waals surface area contributed by atoms with E-state index in [0.29, 0.717) is 11.5 Å². The van der Waals surface area contributed by atoms with Gasteiger partial charge in [0.15, 0.2) is 5.71 Å². The SMILES string of the molecule is CC[P+](CC)(CC)CCCCN1/C(=C/C=C/C2=[N+](CCCCCC(=O)ON3C(=O)CCC3=O)c3ccccc3C2(C)C)C(C)(C)c2cc(S(=O)(=O)O)ccc21. The summed E-state index contributed by atoms with van der Waals surface area (Å²) in [5.41, 5.74) is 5.71. The number of rotatable bonds is 18. The molecule has 55 heavy (non-hydrogen) atoms. The fraction of sp³-hybridized carbons (Fsp3) is 0.535. The Morgan fingerprint density at radius 3 is 2.22 bits per heavy atom. The van der Waals surface area contributed by atoms with E-state index in [1.54, 1.807) is 6.07 Å². The van der Waals surface area contributed by atoms with Gasteiger partial charge < -0.3 is 9.74 Å². The first-order chi connectivity index (χ1) is 26.0. The standard InChI is InChI=1S/C43H59N3O7PS/c1-8-54(9-2,10-3)30-17-16-29-45-36-25-24-32(55(50,51)52)31-34(36)43(6,7)38(45)22-18-21-37-42(4,5)33-19-13-14-20-35(33)44(37)28-15-11-12-23-41(49)53-46-39(47)26-27-40(46)48/h13-14,18-22,24-25,31H,8-12,15-17,23,26-30H2,1-7H3/q+1/p+1. The summed E-state index contributed by atoms with van der Waals surface area (Å²) in [5, 5.41) is 0.605. The lowest BCUT2D eigenvalue weighted by atomic mass is 9.81. The highest BCUT2D eigenvalue weighted by atomic mass is 32.2. The Labute approximate surface area is 328 Å². The third-order valence-corrected chi connectivity index (χ3v) is 18.3. The van der Waals surface area contributed by atoms with E-state index in [9.17, 15) is 27.4 Å². The summed E-state index contributed by atoms with van der Waals surface area (Å²) in [7, 11) is -5.28. The van der Waals surface area contributed by atoms with Gasteiger partial charge in [0, 0.05) is 74.0 Å². The first-order valence-electron chi connectivity index (χ1n) is 19.9. The van der Waals surface area contributed by atoms with Gasteiger partial charge in [-0.05, 0) is 90.1 Å². The van der Waals surface area contributed by atoms with Crippen LogP contribution >= 0.6 is 7.26 Å². The predicted octanol–water partition coefficient (Wildman–Crippen LogP) is 8.57. The van der Waals surface area contributed by atoms with Gasteiger partial charge in [0.05, 0.1) is 35.0 Å². The number of hydroxylamine groups is 2. The van der Waals surface area contributed by atoms with Crippen molar-refractivity contribution in [2.45, 2.75) is 116 Å².